The van der Waals surface area contributed by atoms with Crippen molar-refractivity contribution >= 4 is 34.8 Å². The highest BCUT2D eigenvalue weighted by Gasteiger charge is 2.01. The third-order valence-corrected chi connectivity index (χ3v) is 3.28. The SMILES string of the molecule is N#CCC(=O)Nc1ccc(C=Cc2nc3ccccc3[nH]2)cc1. The zero-order valence-corrected chi connectivity index (χ0v) is 12.3. The van der Waals surface area contributed by atoms with Crippen molar-refractivity contribution in [1.29, 1.82) is 5.26 Å². The maximum absolute atomic E-state index is 11.3. The standard InChI is InChI=1S/C18H14N4O/c19-12-11-18(23)20-14-8-5-13(6-9-14)7-10-17-21-15-3-1-2-4-16(15)22-17/h1-10H,11H2,(H,20,23)(H,21,22). The van der Waals surface area contributed by atoms with Crippen LogP contribution in [0.2, 0.25) is 0 Å². The first-order valence-corrected chi connectivity index (χ1v) is 7.14. The molecule has 0 spiro atoms. The number of carbonyl (C=O) groups is 1. The van der Waals surface area contributed by atoms with Gasteiger partial charge >= 0.3 is 0 Å². The van der Waals surface area contributed by atoms with E-state index >= 15 is 0 Å². The first-order chi connectivity index (χ1) is 11.2. The number of hydrogen-bond acceptors (Lipinski definition) is 3. The fraction of sp³-hybridized carbons (Fsp3) is 0.0556. The van der Waals surface area contributed by atoms with Crippen molar-refractivity contribution in [3.05, 3.63) is 59.9 Å². The lowest BCUT2D eigenvalue weighted by atomic mass is 10.2. The number of nitrogens with zero attached hydrogens (tertiary/aromatic N) is 2. The minimum atomic E-state index is -0.307. The molecule has 0 fully saturated rings. The van der Waals surface area contributed by atoms with E-state index in [0.717, 1.165) is 22.4 Å². The summed E-state index contributed by atoms with van der Waals surface area (Å²) in [6.45, 7) is 0. The molecule has 0 aliphatic carbocycles. The molecule has 0 radical (unpaired) electrons. The number of rotatable bonds is 4. The number of aromatic amines is 1. The van der Waals surface area contributed by atoms with E-state index in [0.29, 0.717) is 5.69 Å². The third-order valence-electron chi connectivity index (χ3n) is 3.28. The molecule has 0 aliphatic rings. The van der Waals surface area contributed by atoms with E-state index in [2.05, 4.69) is 15.3 Å². The number of fused-ring (bicyclic) bond motifs is 1. The van der Waals surface area contributed by atoms with Crippen molar-refractivity contribution in [2.45, 2.75) is 6.42 Å². The van der Waals surface area contributed by atoms with Crippen molar-refractivity contribution in [3.8, 4) is 6.07 Å². The van der Waals surface area contributed by atoms with Crippen molar-refractivity contribution in [2.75, 3.05) is 5.32 Å². The van der Waals surface area contributed by atoms with Crippen molar-refractivity contribution in [3.63, 3.8) is 0 Å². The van der Waals surface area contributed by atoms with Gasteiger partial charge in [-0.25, -0.2) is 4.98 Å². The zero-order chi connectivity index (χ0) is 16.1. The van der Waals surface area contributed by atoms with E-state index in [4.69, 9.17) is 5.26 Å². The predicted molar refractivity (Wildman–Crippen MR) is 90.3 cm³/mol. The predicted octanol–water partition coefficient (Wildman–Crippen LogP) is 3.59. The molecule has 0 saturated carbocycles. The molecular weight excluding hydrogens is 288 g/mol. The van der Waals surface area contributed by atoms with Gasteiger partial charge in [0.25, 0.3) is 0 Å². The molecule has 0 saturated heterocycles. The van der Waals surface area contributed by atoms with Crippen molar-refractivity contribution in [2.24, 2.45) is 0 Å². The van der Waals surface area contributed by atoms with Crippen LogP contribution in [0.4, 0.5) is 5.69 Å². The van der Waals surface area contributed by atoms with Crippen LogP contribution >= 0.6 is 0 Å². The van der Waals surface area contributed by atoms with Gasteiger partial charge in [-0.15, -0.1) is 0 Å². The van der Waals surface area contributed by atoms with Gasteiger partial charge < -0.3 is 10.3 Å². The van der Waals surface area contributed by atoms with Gasteiger partial charge in [-0.2, -0.15) is 5.26 Å². The summed E-state index contributed by atoms with van der Waals surface area (Å²) in [7, 11) is 0. The summed E-state index contributed by atoms with van der Waals surface area (Å²) in [6, 6.07) is 17.1. The molecule has 1 heterocycles. The number of aromatic nitrogens is 2. The Labute approximate surface area is 133 Å². The number of amides is 1. The van der Waals surface area contributed by atoms with Gasteiger partial charge in [-0.1, -0.05) is 30.3 Å². The fourth-order valence-corrected chi connectivity index (χ4v) is 2.18. The quantitative estimate of drug-likeness (QED) is 0.772. The van der Waals surface area contributed by atoms with Gasteiger partial charge in [-0.05, 0) is 35.9 Å². The van der Waals surface area contributed by atoms with E-state index in [1.165, 1.54) is 0 Å². The van der Waals surface area contributed by atoms with Crippen LogP contribution in [0.1, 0.15) is 17.8 Å². The van der Waals surface area contributed by atoms with E-state index < -0.39 is 0 Å². The third kappa shape index (κ3) is 3.63. The van der Waals surface area contributed by atoms with E-state index in [-0.39, 0.29) is 12.3 Å². The number of carbonyl (C=O) groups excluding carboxylic acids is 1. The molecule has 5 nitrogen and oxygen atoms in total. The van der Waals surface area contributed by atoms with Crippen LogP contribution < -0.4 is 5.32 Å². The Hall–Kier alpha value is -3.39. The van der Waals surface area contributed by atoms with Crippen LogP contribution in [0.15, 0.2) is 48.5 Å². The van der Waals surface area contributed by atoms with Crippen LogP contribution in [0.3, 0.4) is 0 Å². The summed E-state index contributed by atoms with van der Waals surface area (Å²) in [5, 5.41) is 11.1. The molecule has 0 atom stereocenters. The average Bonchev–Trinajstić information content (AvgIpc) is 2.97. The van der Waals surface area contributed by atoms with Crippen molar-refractivity contribution in [1.82, 2.24) is 9.97 Å². The maximum atomic E-state index is 11.3. The normalized spacial score (nSPS) is 10.7. The largest absolute Gasteiger partial charge is 0.338 e. The lowest BCUT2D eigenvalue weighted by Crippen LogP contribution is -2.09. The molecule has 0 aliphatic heterocycles. The number of hydrogen-bond donors (Lipinski definition) is 2. The number of para-hydroxylation sites is 2. The molecule has 0 unspecified atom stereocenters. The highest BCUT2D eigenvalue weighted by molar-refractivity contribution is 5.92. The van der Waals surface area contributed by atoms with E-state index in [1.807, 2.05) is 54.6 Å². The molecule has 112 valence electrons. The van der Waals surface area contributed by atoms with Crippen LogP contribution in [0, 0.1) is 11.3 Å². The maximum Gasteiger partial charge on any atom is 0.238 e. The number of imidazole rings is 1. The second-order valence-corrected chi connectivity index (χ2v) is 4.98. The summed E-state index contributed by atoms with van der Waals surface area (Å²) in [6.07, 6.45) is 3.70. The number of benzene rings is 2. The summed E-state index contributed by atoms with van der Waals surface area (Å²) >= 11 is 0. The van der Waals surface area contributed by atoms with Gasteiger partial charge in [0.05, 0.1) is 17.1 Å². The molecule has 5 heteroatoms. The molecule has 23 heavy (non-hydrogen) atoms. The second kappa shape index (κ2) is 6.58. The van der Waals surface area contributed by atoms with Crippen LogP contribution in [-0.4, -0.2) is 15.9 Å². The Balaban J connectivity index is 1.70. The summed E-state index contributed by atoms with van der Waals surface area (Å²) < 4.78 is 0. The monoisotopic (exact) mass is 302 g/mol. The molecule has 1 amide bonds. The number of nitrogens with one attached hydrogen (secondary N) is 2. The molecule has 3 rings (SSSR count). The van der Waals surface area contributed by atoms with Gasteiger partial charge in [-0.3, -0.25) is 4.79 Å². The summed E-state index contributed by atoms with van der Waals surface area (Å²) in [4.78, 5) is 19.0. The van der Waals surface area contributed by atoms with Gasteiger partial charge in [0, 0.05) is 5.69 Å². The van der Waals surface area contributed by atoms with Crippen LogP contribution in [-0.2, 0) is 4.79 Å². The molecule has 1 aromatic heterocycles. The molecular formula is C18H14N4O. The first-order valence-electron chi connectivity index (χ1n) is 7.14. The van der Waals surface area contributed by atoms with E-state index in [9.17, 15) is 4.79 Å². The smallest absolute Gasteiger partial charge is 0.238 e. The Morgan fingerprint density at radius 1 is 1.17 bits per heavy atom. The minimum absolute atomic E-state index is 0.145. The Kier molecular flexibility index (Phi) is 4.16. The summed E-state index contributed by atoms with van der Waals surface area (Å²) in [5.41, 5.74) is 3.60. The van der Waals surface area contributed by atoms with E-state index in [1.54, 1.807) is 12.1 Å². The lowest BCUT2D eigenvalue weighted by molar-refractivity contribution is -0.115. The minimum Gasteiger partial charge on any atom is -0.338 e. The lowest BCUT2D eigenvalue weighted by Gasteiger charge is -2.02. The molecule has 2 aromatic carbocycles. The van der Waals surface area contributed by atoms with Gasteiger partial charge in [0.15, 0.2) is 0 Å². The second-order valence-electron chi connectivity index (χ2n) is 4.98. The summed E-state index contributed by atoms with van der Waals surface area (Å²) in [5.74, 6) is 0.482. The highest BCUT2D eigenvalue weighted by Crippen LogP contribution is 2.14. The number of nitriles is 1. The fourth-order valence-electron chi connectivity index (χ4n) is 2.18. The number of anilines is 1. The van der Waals surface area contributed by atoms with Crippen LogP contribution in [0.5, 0.6) is 0 Å². The Bertz CT molecular complexity index is 868. The molecule has 3 aromatic rings. The molecule has 0 bridgehead atoms. The van der Waals surface area contributed by atoms with Crippen molar-refractivity contribution < 1.29 is 4.79 Å². The topological polar surface area (TPSA) is 81.6 Å². The highest BCUT2D eigenvalue weighted by atomic mass is 16.1. The van der Waals surface area contributed by atoms with Gasteiger partial charge in [0.2, 0.25) is 5.91 Å². The van der Waals surface area contributed by atoms with Gasteiger partial charge in [0.1, 0.15) is 12.2 Å². The number of H-pyrrole nitrogens is 1. The Morgan fingerprint density at radius 3 is 2.70 bits per heavy atom. The first kappa shape index (κ1) is 14.5. The van der Waals surface area contributed by atoms with Crippen LogP contribution in [0.25, 0.3) is 23.2 Å². The zero-order valence-electron chi connectivity index (χ0n) is 12.3. The Morgan fingerprint density at radius 2 is 1.96 bits per heavy atom. The molecule has 2 N–H and O–H groups in total. The average molecular weight is 302 g/mol.